The number of hydrogen-bond donors (Lipinski definition) is 0. The van der Waals surface area contributed by atoms with E-state index in [1.165, 1.54) is 14.0 Å². The van der Waals surface area contributed by atoms with Crippen LogP contribution in [0.4, 0.5) is 0 Å². The highest BCUT2D eigenvalue weighted by Gasteiger charge is 2.15. The average Bonchev–Trinajstić information content (AvgIpc) is 1.88. The van der Waals surface area contributed by atoms with Crippen LogP contribution in [-0.4, -0.2) is 31.1 Å². The molecule has 0 saturated carbocycles. The van der Waals surface area contributed by atoms with E-state index in [-0.39, 0.29) is 18.1 Å². The number of esters is 1. The summed E-state index contributed by atoms with van der Waals surface area (Å²) in [5.74, 6) is -1.02. The molecule has 0 radical (unpaired) electrons. The number of carbonyl (C=O) groups excluding carboxylic acids is 2. The van der Waals surface area contributed by atoms with Crippen LogP contribution in [0.5, 0.6) is 0 Å². The Labute approximate surface area is 65.3 Å². The summed E-state index contributed by atoms with van der Waals surface area (Å²) in [5.41, 5.74) is -0.133. The number of ketones is 1. The van der Waals surface area contributed by atoms with E-state index in [0.29, 0.717) is 0 Å². The van der Waals surface area contributed by atoms with Crippen molar-refractivity contribution in [3.05, 3.63) is 0 Å². The van der Waals surface area contributed by atoms with E-state index in [2.05, 4.69) is 9.73 Å². The van der Waals surface area contributed by atoms with Crippen LogP contribution < -0.4 is 0 Å². The minimum Gasteiger partial charge on any atom is -0.461 e. The molecule has 0 bridgehead atoms. The van der Waals surface area contributed by atoms with Gasteiger partial charge in [0, 0.05) is 14.0 Å². The number of Topliss-reactive ketones (excluding diaryl/α,β-unsaturated/α-hetero) is 1. The summed E-state index contributed by atoms with van der Waals surface area (Å²) in [6, 6.07) is 0. The second-order valence-corrected chi connectivity index (χ2v) is 1.85. The predicted molar refractivity (Wildman–Crippen MR) is 40.7 cm³/mol. The molecule has 0 amide bonds. The third-order valence-electron chi connectivity index (χ3n) is 1.03. The second-order valence-electron chi connectivity index (χ2n) is 1.85. The molecule has 0 unspecified atom stereocenters. The van der Waals surface area contributed by atoms with Gasteiger partial charge in [-0.1, -0.05) is 0 Å². The van der Waals surface area contributed by atoms with E-state index in [0.717, 1.165) is 0 Å². The van der Waals surface area contributed by atoms with Gasteiger partial charge in [-0.2, -0.15) is 0 Å². The topological polar surface area (TPSA) is 55.7 Å². The Bertz CT molecular complexity index is 196. The fourth-order valence-corrected chi connectivity index (χ4v) is 0.592. The lowest BCUT2D eigenvalue weighted by molar-refractivity contribution is -0.135. The zero-order chi connectivity index (χ0) is 8.85. The Morgan fingerprint density at radius 1 is 1.45 bits per heavy atom. The zero-order valence-corrected chi connectivity index (χ0v) is 6.88. The van der Waals surface area contributed by atoms with Crippen LogP contribution in [-0.2, 0) is 14.3 Å². The van der Waals surface area contributed by atoms with Crippen molar-refractivity contribution in [1.29, 1.82) is 0 Å². The number of carbonyl (C=O) groups is 2. The van der Waals surface area contributed by atoms with E-state index >= 15 is 0 Å². The van der Waals surface area contributed by atoms with Crippen molar-refractivity contribution in [2.24, 2.45) is 4.99 Å². The van der Waals surface area contributed by atoms with Crippen molar-refractivity contribution in [2.75, 3.05) is 13.7 Å². The molecule has 0 aliphatic rings. The van der Waals surface area contributed by atoms with Gasteiger partial charge in [-0.3, -0.25) is 9.79 Å². The molecule has 0 saturated heterocycles. The van der Waals surface area contributed by atoms with E-state index in [9.17, 15) is 9.59 Å². The van der Waals surface area contributed by atoms with Crippen LogP contribution in [0.1, 0.15) is 13.8 Å². The molecule has 0 aromatic rings. The van der Waals surface area contributed by atoms with Crippen LogP contribution in [0.15, 0.2) is 4.99 Å². The lowest BCUT2D eigenvalue weighted by atomic mass is 10.3. The molecule has 0 aromatic heterocycles. The smallest absolute Gasteiger partial charge is 0.360 e. The SMILES string of the molecule is CCOC(=O)/C(=N\C)C(C)=O. The van der Waals surface area contributed by atoms with Gasteiger partial charge >= 0.3 is 5.97 Å². The first-order valence-corrected chi connectivity index (χ1v) is 3.28. The molecular formula is C7H11NO3. The van der Waals surface area contributed by atoms with Crippen molar-refractivity contribution < 1.29 is 14.3 Å². The number of hydrogen-bond acceptors (Lipinski definition) is 4. The third kappa shape index (κ3) is 2.93. The molecule has 0 fully saturated rings. The summed E-state index contributed by atoms with van der Waals surface area (Å²) in [6.45, 7) is 3.20. The number of aliphatic imine (C=N–C) groups is 1. The Balaban J connectivity index is 4.29. The molecule has 4 nitrogen and oxygen atoms in total. The normalized spacial score (nSPS) is 11.0. The number of ether oxygens (including phenoxy) is 1. The quantitative estimate of drug-likeness (QED) is 0.334. The van der Waals surface area contributed by atoms with Crippen molar-refractivity contribution in [2.45, 2.75) is 13.8 Å². The van der Waals surface area contributed by atoms with Crippen LogP contribution in [0, 0.1) is 0 Å². The van der Waals surface area contributed by atoms with Crippen molar-refractivity contribution >= 4 is 17.5 Å². The van der Waals surface area contributed by atoms with E-state index in [1.54, 1.807) is 6.92 Å². The Hall–Kier alpha value is -1.19. The minimum absolute atomic E-state index is 0.133. The molecule has 0 aliphatic heterocycles. The van der Waals surface area contributed by atoms with E-state index in [1.807, 2.05) is 0 Å². The first-order chi connectivity index (χ1) is 5.13. The molecule has 0 rings (SSSR count). The summed E-state index contributed by atoms with van der Waals surface area (Å²) in [4.78, 5) is 25.0. The van der Waals surface area contributed by atoms with Gasteiger partial charge in [0.05, 0.1) is 6.61 Å². The maximum absolute atomic E-state index is 10.8. The first-order valence-electron chi connectivity index (χ1n) is 3.28. The maximum Gasteiger partial charge on any atom is 0.360 e. The largest absolute Gasteiger partial charge is 0.461 e. The maximum atomic E-state index is 10.8. The predicted octanol–water partition coefficient (Wildman–Crippen LogP) is 0.209. The Morgan fingerprint density at radius 3 is 2.27 bits per heavy atom. The van der Waals surface area contributed by atoms with Gasteiger partial charge < -0.3 is 4.74 Å². The van der Waals surface area contributed by atoms with E-state index < -0.39 is 5.97 Å². The minimum atomic E-state index is -0.650. The van der Waals surface area contributed by atoms with Crippen LogP contribution in [0.2, 0.25) is 0 Å². The average molecular weight is 157 g/mol. The number of nitrogens with zero attached hydrogens (tertiary/aromatic N) is 1. The van der Waals surface area contributed by atoms with E-state index in [4.69, 9.17) is 0 Å². The van der Waals surface area contributed by atoms with Crippen molar-refractivity contribution in [3.8, 4) is 0 Å². The molecule has 0 heterocycles. The standard InChI is InChI=1S/C7H11NO3/c1-4-11-7(10)6(8-3)5(2)9/h4H2,1-3H3/b8-6-. The molecule has 11 heavy (non-hydrogen) atoms. The Morgan fingerprint density at radius 2 is 2.00 bits per heavy atom. The van der Waals surface area contributed by atoms with Gasteiger partial charge in [0.2, 0.25) is 0 Å². The van der Waals surface area contributed by atoms with Gasteiger partial charge in [-0.05, 0) is 6.92 Å². The molecule has 0 atom stereocenters. The molecule has 0 spiro atoms. The molecular weight excluding hydrogens is 146 g/mol. The summed E-state index contributed by atoms with van der Waals surface area (Å²) >= 11 is 0. The van der Waals surface area contributed by atoms with Gasteiger partial charge in [0.1, 0.15) is 0 Å². The monoisotopic (exact) mass is 157 g/mol. The lowest BCUT2D eigenvalue weighted by Gasteiger charge is -1.99. The highest BCUT2D eigenvalue weighted by Crippen LogP contribution is 1.86. The van der Waals surface area contributed by atoms with Gasteiger partial charge in [0.15, 0.2) is 11.5 Å². The lowest BCUT2D eigenvalue weighted by Crippen LogP contribution is -2.24. The third-order valence-corrected chi connectivity index (χ3v) is 1.03. The number of rotatable bonds is 3. The molecule has 0 N–H and O–H groups in total. The fourth-order valence-electron chi connectivity index (χ4n) is 0.592. The highest BCUT2D eigenvalue weighted by atomic mass is 16.5. The molecule has 4 heteroatoms. The van der Waals surface area contributed by atoms with Crippen molar-refractivity contribution in [1.82, 2.24) is 0 Å². The summed E-state index contributed by atoms with van der Waals surface area (Å²) in [6.07, 6.45) is 0. The summed E-state index contributed by atoms with van der Waals surface area (Å²) in [7, 11) is 1.38. The fraction of sp³-hybridized carbons (Fsp3) is 0.571. The molecule has 0 aromatic carbocycles. The highest BCUT2D eigenvalue weighted by molar-refractivity contribution is 6.63. The first kappa shape index (κ1) is 9.81. The van der Waals surface area contributed by atoms with Crippen molar-refractivity contribution in [3.63, 3.8) is 0 Å². The zero-order valence-electron chi connectivity index (χ0n) is 6.88. The van der Waals surface area contributed by atoms with Crippen LogP contribution in [0.25, 0.3) is 0 Å². The summed E-state index contributed by atoms with van der Waals surface area (Å²) < 4.78 is 4.57. The molecule has 62 valence electrons. The van der Waals surface area contributed by atoms with Gasteiger partial charge in [-0.15, -0.1) is 0 Å². The van der Waals surface area contributed by atoms with Gasteiger partial charge in [-0.25, -0.2) is 4.79 Å². The Kier molecular flexibility index (Phi) is 4.10. The summed E-state index contributed by atoms with van der Waals surface area (Å²) in [5, 5.41) is 0. The second kappa shape index (κ2) is 4.60. The van der Waals surface area contributed by atoms with Crippen LogP contribution in [0.3, 0.4) is 0 Å². The van der Waals surface area contributed by atoms with Gasteiger partial charge in [0.25, 0.3) is 0 Å². The van der Waals surface area contributed by atoms with Crippen LogP contribution >= 0.6 is 0 Å². The molecule has 0 aliphatic carbocycles.